The standard InChI is InChI=1S/C18H19NO3/c1-18(2,22-19-3)17(20)21-16(14-10-6-4-7-11-14)15-12-8-5-9-13-15/h4-13,16H,3H2,1-2H3. The number of oxime groups is 1. The lowest BCUT2D eigenvalue weighted by molar-refractivity contribution is -0.172. The molecule has 0 aliphatic heterocycles. The fourth-order valence-corrected chi connectivity index (χ4v) is 2.03. The molecular formula is C18H19NO3. The van der Waals surface area contributed by atoms with Crippen molar-refractivity contribution in [1.29, 1.82) is 0 Å². The Morgan fingerprint density at radius 2 is 1.45 bits per heavy atom. The van der Waals surface area contributed by atoms with Crippen molar-refractivity contribution < 1.29 is 14.4 Å². The minimum atomic E-state index is -1.19. The highest BCUT2D eigenvalue weighted by Crippen LogP contribution is 2.28. The number of carbonyl (C=O) groups excluding carboxylic acids is 1. The van der Waals surface area contributed by atoms with E-state index in [0.717, 1.165) is 11.1 Å². The summed E-state index contributed by atoms with van der Waals surface area (Å²) in [5.41, 5.74) is 0.595. The maximum Gasteiger partial charge on any atom is 0.353 e. The summed E-state index contributed by atoms with van der Waals surface area (Å²) in [7, 11) is 0. The molecule has 114 valence electrons. The van der Waals surface area contributed by atoms with Crippen LogP contribution < -0.4 is 0 Å². The van der Waals surface area contributed by atoms with Gasteiger partial charge in [-0.3, -0.25) is 0 Å². The predicted molar refractivity (Wildman–Crippen MR) is 85.5 cm³/mol. The molecule has 2 rings (SSSR count). The van der Waals surface area contributed by atoms with Gasteiger partial charge in [0.2, 0.25) is 5.60 Å². The van der Waals surface area contributed by atoms with Gasteiger partial charge in [-0.25, -0.2) is 4.79 Å². The van der Waals surface area contributed by atoms with Gasteiger partial charge in [-0.1, -0.05) is 60.7 Å². The number of hydrogen-bond acceptors (Lipinski definition) is 4. The highest BCUT2D eigenvalue weighted by molar-refractivity contribution is 5.79. The van der Waals surface area contributed by atoms with E-state index in [1.165, 1.54) is 0 Å². The van der Waals surface area contributed by atoms with Crippen LogP contribution in [0.1, 0.15) is 31.1 Å². The molecule has 0 atom stereocenters. The third-order valence-corrected chi connectivity index (χ3v) is 3.21. The molecule has 0 N–H and O–H groups in total. The zero-order valence-electron chi connectivity index (χ0n) is 12.7. The van der Waals surface area contributed by atoms with Gasteiger partial charge in [0.05, 0.1) is 0 Å². The van der Waals surface area contributed by atoms with E-state index in [4.69, 9.17) is 9.57 Å². The molecule has 0 amide bonds. The van der Waals surface area contributed by atoms with E-state index in [1.807, 2.05) is 60.7 Å². The zero-order valence-corrected chi connectivity index (χ0v) is 12.7. The second-order valence-electron chi connectivity index (χ2n) is 5.34. The second-order valence-corrected chi connectivity index (χ2v) is 5.34. The van der Waals surface area contributed by atoms with E-state index in [-0.39, 0.29) is 0 Å². The van der Waals surface area contributed by atoms with Crippen molar-refractivity contribution >= 4 is 12.7 Å². The molecule has 0 unspecified atom stereocenters. The lowest BCUT2D eigenvalue weighted by atomic mass is 10.0. The first kappa shape index (κ1) is 15.8. The van der Waals surface area contributed by atoms with Crippen LogP contribution in [0.2, 0.25) is 0 Å². The second kappa shape index (κ2) is 6.89. The molecule has 0 saturated heterocycles. The number of carbonyl (C=O) groups is 1. The Bertz CT molecular complexity index is 584. The van der Waals surface area contributed by atoms with Gasteiger partial charge in [-0.05, 0) is 25.0 Å². The fraction of sp³-hybridized carbons (Fsp3) is 0.222. The summed E-state index contributed by atoms with van der Waals surface area (Å²) >= 11 is 0. The summed E-state index contributed by atoms with van der Waals surface area (Å²) in [6, 6.07) is 19.2. The average molecular weight is 297 g/mol. The van der Waals surface area contributed by atoms with Gasteiger partial charge >= 0.3 is 5.97 Å². The molecule has 0 bridgehead atoms. The van der Waals surface area contributed by atoms with Crippen LogP contribution in [0.4, 0.5) is 0 Å². The van der Waals surface area contributed by atoms with Gasteiger partial charge in [0, 0.05) is 6.72 Å². The van der Waals surface area contributed by atoms with Crippen molar-refractivity contribution in [3.05, 3.63) is 71.8 Å². The average Bonchev–Trinajstić information content (AvgIpc) is 2.54. The van der Waals surface area contributed by atoms with Crippen LogP contribution in [-0.4, -0.2) is 18.3 Å². The van der Waals surface area contributed by atoms with Gasteiger partial charge in [-0.15, -0.1) is 5.16 Å². The molecule has 4 heteroatoms. The Morgan fingerprint density at radius 1 is 1.00 bits per heavy atom. The summed E-state index contributed by atoms with van der Waals surface area (Å²) < 4.78 is 5.69. The van der Waals surface area contributed by atoms with Crippen molar-refractivity contribution in [1.82, 2.24) is 0 Å². The largest absolute Gasteiger partial charge is 0.450 e. The summed E-state index contributed by atoms with van der Waals surface area (Å²) in [5, 5.41) is 3.33. The lowest BCUT2D eigenvalue weighted by Crippen LogP contribution is -2.36. The van der Waals surface area contributed by atoms with E-state index < -0.39 is 17.7 Å². The third kappa shape index (κ3) is 3.73. The van der Waals surface area contributed by atoms with Crippen LogP contribution in [0, 0.1) is 0 Å². The van der Waals surface area contributed by atoms with E-state index in [2.05, 4.69) is 11.9 Å². The summed E-state index contributed by atoms with van der Waals surface area (Å²) in [6.45, 7) is 6.43. The van der Waals surface area contributed by atoms with E-state index in [1.54, 1.807) is 13.8 Å². The molecule has 0 aliphatic rings. The van der Waals surface area contributed by atoms with Crippen LogP contribution in [0.3, 0.4) is 0 Å². The minimum Gasteiger partial charge on any atom is -0.450 e. The van der Waals surface area contributed by atoms with Gasteiger partial charge in [-0.2, -0.15) is 0 Å². The molecule has 2 aromatic rings. The van der Waals surface area contributed by atoms with Crippen molar-refractivity contribution in [3.63, 3.8) is 0 Å². The highest BCUT2D eigenvalue weighted by Gasteiger charge is 2.34. The van der Waals surface area contributed by atoms with Crippen molar-refractivity contribution in [2.45, 2.75) is 25.6 Å². The predicted octanol–water partition coefficient (Wildman–Crippen LogP) is 3.73. The molecule has 0 aliphatic carbocycles. The Labute approximate surface area is 130 Å². The number of esters is 1. The molecule has 0 fully saturated rings. The summed E-state index contributed by atoms with van der Waals surface area (Å²) in [4.78, 5) is 17.4. The van der Waals surface area contributed by atoms with E-state index in [9.17, 15) is 4.79 Å². The highest BCUT2D eigenvalue weighted by atomic mass is 16.7. The smallest absolute Gasteiger partial charge is 0.353 e. The molecule has 4 nitrogen and oxygen atoms in total. The molecule has 0 heterocycles. The van der Waals surface area contributed by atoms with Crippen LogP contribution >= 0.6 is 0 Å². The minimum absolute atomic E-state index is 0.498. The number of rotatable bonds is 6. The monoisotopic (exact) mass is 297 g/mol. The molecule has 0 saturated carbocycles. The molecule has 22 heavy (non-hydrogen) atoms. The molecule has 0 spiro atoms. The van der Waals surface area contributed by atoms with Crippen LogP contribution in [0.15, 0.2) is 65.8 Å². The van der Waals surface area contributed by atoms with E-state index >= 15 is 0 Å². The molecule has 2 aromatic carbocycles. The Hall–Kier alpha value is -2.62. The van der Waals surface area contributed by atoms with Crippen LogP contribution in [0.5, 0.6) is 0 Å². The first-order chi connectivity index (χ1) is 10.5. The lowest BCUT2D eigenvalue weighted by Gasteiger charge is -2.25. The zero-order chi connectivity index (χ0) is 16.0. The van der Waals surface area contributed by atoms with Crippen molar-refractivity contribution in [2.75, 3.05) is 0 Å². The van der Waals surface area contributed by atoms with Crippen molar-refractivity contribution in [2.24, 2.45) is 5.16 Å². The third-order valence-electron chi connectivity index (χ3n) is 3.21. The van der Waals surface area contributed by atoms with Gasteiger partial charge in [0.15, 0.2) is 6.10 Å². The Morgan fingerprint density at radius 3 is 1.86 bits per heavy atom. The van der Waals surface area contributed by atoms with E-state index in [0.29, 0.717) is 0 Å². The van der Waals surface area contributed by atoms with Crippen LogP contribution in [-0.2, 0) is 14.4 Å². The number of hydrogen-bond donors (Lipinski definition) is 0. The Kier molecular flexibility index (Phi) is 4.94. The fourth-order valence-electron chi connectivity index (χ4n) is 2.03. The van der Waals surface area contributed by atoms with Gasteiger partial charge in [0.1, 0.15) is 0 Å². The topological polar surface area (TPSA) is 47.9 Å². The van der Waals surface area contributed by atoms with Gasteiger partial charge < -0.3 is 9.57 Å². The summed E-state index contributed by atoms with van der Waals surface area (Å²) in [6.07, 6.45) is -0.498. The van der Waals surface area contributed by atoms with Gasteiger partial charge in [0.25, 0.3) is 0 Å². The number of ether oxygens (including phenoxy) is 1. The maximum atomic E-state index is 12.4. The first-order valence-corrected chi connectivity index (χ1v) is 7.00. The van der Waals surface area contributed by atoms with Crippen LogP contribution in [0.25, 0.3) is 0 Å². The quantitative estimate of drug-likeness (QED) is 0.464. The van der Waals surface area contributed by atoms with Crippen molar-refractivity contribution in [3.8, 4) is 0 Å². The Balaban J connectivity index is 2.31. The summed E-state index contributed by atoms with van der Waals surface area (Å²) in [5.74, 6) is -0.502. The number of nitrogens with zero attached hydrogens (tertiary/aromatic N) is 1. The maximum absolute atomic E-state index is 12.4. The molecule has 0 radical (unpaired) electrons. The molecular weight excluding hydrogens is 278 g/mol. The SMILES string of the molecule is C=NOC(C)(C)C(=O)OC(c1ccccc1)c1ccccc1. The first-order valence-electron chi connectivity index (χ1n) is 7.00. The number of benzene rings is 2. The molecule has 0 aromatic heterocycles. The normalized spacial score (nSPS) is 11.0.